The average Bonchev–Trinajstić information content (AvgIpc) is 3.48. The number of rotatable bonds is 8. The van der Waals surface area contributed by atoms with Crippen molar-refractivity contribution in [1.29, 1.82) is 0 Å². The summed E-state index contributed by atoms with van der Waals surface area (Å²) in [6.07, 6.45) is 3.30. The number of unbranched alkanes of at least 4 members (excludes halogenated alkanes) is 2. The monoisotopic (exact) mass is 354 g/mol. The molecule has 26 heavy (non-hydrogen) atoms. The second-order valence-electron chi connectivity index (χ2n) is 6.54. The molecule has 2 aromatic carbocycles. The summed E-state index contributed by atoms with van der Waals surface area (Å²) < 4.78 is 22.9. The lowest BCUT2D eigenvalue weighted by atomic mass is 10.1. The molecule has 1 atom stereocenters. The lowest BCUT2D eigenvalue weighted by Crippen LogP contribution is -2.08. The third kappa shape index (κ3) is 3.53. The Bertz CT molecular complexity index is 971. The zero-order valence-electron chi connectivity index (χ0n) is 14.8. The molecule has 1 fully saturated rings. The summed E-state index contributed by atoms with van der Waals surface area (Å²) in [5.74, 6) is 1.14. The molecule has 136 valence electrons. The number of epoxide rings is 1. The van der Waals surface area contributed by atoms with Crippen LogP contribution < -0.4 is 14.9 Å². The van der Waals surface area contributed by atoms with Crippen molar-refractivity contribution in [2.24, 2.45) is 0 Å². The summed E-state index contributed by atoms with van der Waals surface area (Å²) in [5.41, 5.74) is 0.961. The van der Waals surface area contributed by atoms with Gasteiger partial charge in [0.25, 0.3) is 0 Å². The molecule has 1 unspecified atom stereocenters. The molecular weight excluding hydrogens is 332 g/mol. The second-order valence-corrected chi connectivity index (χ2v) is 6.54. The Labute approximate surface area is 151 Å². The summed E-state index contributed by atoms with van der Waals surface area (Å²) in [6.45, 7) is 3.92. The van der Waals surface area contributed by atoms with Crippen LogP contribution in [-0.2, 0) is 4.74 Å². The van der Waals surface area contributed by atoms with Crippen LogP contribution in [-0.4, -0.2) is 25.9 Å². The molecule has 0 spiro atoms. The zero-order valence-corrected chi connectivity index (χ0v) is 14.8. The van der Waals surface area contributed by atoms with E-state index >= 15 is 0 Å². The number of fused-ring (bicyclic) bond motifs is 2. The van der Waals surface area contributed by atoms with Gasteiger partial charge in [0.1, 0.15) is 40.8 Å². The highest BCUT2D eigenvalue weighted by atomic mass is 16.6. The molecule has 2 heterocycles. The standard InChI is InChI=1S/C21H22O5/c1-2-3-6-9-23-18-10-14(24-12-15-13-25-15)11-19-20(18)21(22)16-7-4-5-8-17(16)26-19/h4-5,7-8,10-11,15H,2-3,6,9,12-13H2,1H3. The highest BCUT2D eigenvalue weighted by molar-refractivity contribution is 5.93. The number of para-hydroxylation sites is 1. The zero-order chi connectivity index (χ0) is 17.9. The lowest BCUT2D eigenvalue weighted by molar-refractivity contribution is 0.260. The third-order valence-electron chi connectivity index (χ3n) is 4.46. The highest BCUT2D eigenvalue weighted by Gasteiger charge is 2.23. The molecule has 0 radical (unpaired) electrons. The van der Waals surface area contributed by atoms with Crippen molar-refractivity contribution in [3.8, 4) is 11.5 Å². The maximum Gasteiger partial charge on any atom is 0.204 e. The van der Waals surface area contributed by atoms with E-state index < -0.39 is 0 Å². The van der Waals surface area contributed by atoms with Crippen molar-refractivity contribution in [2.45, 2.75) is 32.3 Å². The van der Waals surface area contributed by atoms with E-state index in [9.17, 15) is 4.79 Å². The molecule has 1 aliphatic heterocycles. The van der Waals surface area contributed by atoms with E-state index in [-0.39, 0.29) is 11.5 Å². The van der Waals surface area contributed by atoms with Crippen molar-refractivity contribution < 1.29 is 18.6 Å². The minimum atomic E-state index is -0.0792. The van der Waals surface area contributed by atoms with Gasteiger partial charge in [-0.2, -0.15) is 0 Å². The fourth-order valence-corrected chi connectivity index (χ4v) is 2.95. The van der Waals surface area contributed by atoms with Gasteiger partial charge in [-0.15, -0.1) is 0 Å². The Morgan fingerprint density at radius 2 is 1.96 bits per heavy atom. The van der Waals surface area contributed by atoms with Crippen LogP contribution >= 0.6 is 0 Å². The molecule has 0 bridgehead atoms. The first-order chi connectivity index (χ1) is 12.8. The van der Waals surface area contributed by atoms with Gasteiger partial charge in [-0.1, -0.05) is 31.9 Å². The Morgan fingerprint density at radius 1 is 1.12 bits per heavy atom. The van der Waals surface area contributed by atoms with Crippen molar-refractivity contribution in [3.05, 3.63) is 46.6 Å². The molecule has 0 saturated carbocycles. The number of hydrogen-bond donors (Lipinski definition) is 0. The molecule has 1 saturated heterocycles. The molecule has 1 aliphatic rings. The van der Waals surface area contributed by atoms with Gasteiger partial charge in [0.2, 0.25) is 5.43 Å². The molecule has 0 aliphatic carbocycles. The van der Waals surface area contributed by atoms with E-state index in [1.807, 2.05) is 12.1 Å². The smallest absolute Gasteiger partial charge is 0.204 e. The molecule has 0 N–H and O–H groups in total. The Kier molecular flexibility index (Phi) is 4.80. The molecule has 1 aromatic heterocycles. The first-order valence-corrected chi connectivity index (χ1v) is 9.13. The van der Waals surface area contributed by atoms with Gasteiger partial charge in [0, 0.05) is 12.1 Å². The van der Waals surface area contributed by atoms with Gasteiger partial charge in [0.05, 0.1) is 18.6 Å². The van der Waals surface area contributed by atoms with Crippen molar-refractivity contribution in [3.63, 3.8) is 0 Å². The van der Waals surface area contributed by atoms with Crippen molar-refractivity contribution in [2.75, 3.05) is 19.8 Å². The lowest BCUT2D eigenvalue weighted by Gasteiger charge is -2.12. The van der Waals surface area contributed by atoms with Crippen molar-refractivity contribution >= 4 is 21.9 Å². The van der Waals surface area contributed by atoms with Crippen LogP contribution in [0.4, 0.5) is 0 Å². The molecule has 4 rings (SSSR count). The summed E-state index contributed by atoms with van der Waals surface area (Å²) in [5, 5.41) is 1.02. The quantitative estimate of drug-likeness (QED) is 0.343. The van der Waals surface area contributed by atoms with Gasteiger partial charge in [-0.05, 0) is 18.6 Å². The average molecular weight is 354 g/mol. The number of ether oxygens (including phenoxy) is 3. The molecule has 5 heteroatoms. The normalized spacial score (nSPS) is 16.1. The van der Waals surface area contributed by atoms with E-state index in [1.54, 1.807) is 24.3 Å². The first-order valence-electron chi connectivity index (χ1n) is 9.13. The maximum atomic E-state index is 13.0. The first kappa shape index (κ1) is 16.9. The Morgan fingerprint density at radius 3 is 2.77 bits per heavy atom. The number of benzene rings is 2. The van der Waals surface area contributed by atoms with Gasteiger partial charge in [-0.3, -0.25) is 4.79 Å². The summed E-state index contributed by atoms with van der Waals surface area (Å²) in [7, 11) is 0. The number of hydrogen-bond acceptors (Lipinski definition) is 5. The van der Waals surface area contributed by atoms with Crippen LogP contribution in [0.15, 0.2) is 45.6 Å². The van der Waals surface area contributed by atoms with Crippen LogP contribution in [0.2, 0.25) is 0 Å². The predicted molar refractivity (Wildman–Crippen MR) is 100 cm³/mol. The Balaban J connectivity index is 1.77. The highest BCUT2D eigenvalue weighted by Crippen LogP contribution is 2.32. The van der Waals surface area contributed by atoms with Crippen LogP contribution in [0.5, 0.6) is 11.5 Å². The van der Waals surface area contributed by atoms with E-state index in [0.29, 0.717) is 46.7 Å². The minimum Gasteiger partial charge on any atom is -0.493 e. The fraction of sp³-hybridized carbons (Fsp3) is 0.381. The molecule has 5 nitrogen and oxygen atoms in total. The van der Waals surface area contributed by atoms with Gasteiger partial charge >= 0.3 is 0 Å². The topological polar surface area (TPSA) is 61.2 Å². The molecule has 0 amide bonds. The molecule has 3 aromatic rings. The third-order valence-corrected chi connectivity index (χ3v) is 4.46. The van der Waals surface area contributed by atoms with Gasteiger partial charge in [0.15, 0.2) is 0 Å². The summed E-state index contributed by atoms with van der Waals surface area (Å²) in [4.78, 5) is 13.0. The largest absolute Gasteiger partial charge is 0.493 e. The van der Waals surface area contributed by atoms with Crippen LogP contribution in [0.25, 0.3) is 21.9 Å². The fourth-order valence-electron chi connectivity index (χ4n) is 2.95. The van der Waals surface area contributed by atoms with E-state index in [1.165, 1.54) is 0 Å². The van der Waals surface area contributed by atoms with E-state index in [2.05, 4.69) is 6.92 Å². The minimum absolute atomic E-state index is 0.0792. The SMILES string of the molecule is CCCCCOc1cc(OCC2CO2)cc2oc3ccccc3c(=O)c12. The van der Waals surface area contributed by atoms with Crippen LogP contribution in [0, 0.1) is 0 Å². The van der Waals surface area contributed by atoms with Crippen molar-refractivity contribution in [1.82, 2.24) is 0 Å². The summed E-state index contributed by atoms with van der Waals surface area (Å²) >= 11 is 0. The predicted octanol–water partition coefficient (Wildman–Crippen LogP) is 4.29. The summed E-state index contributed by atoms with van der Waals surface area (Å²) in [6, 6.07) is 10.8. The van der Waals surface area contributed by atoms with Gasteiger partial charge < -0.3 is 18.6 Å². The van der Waals surface area contributed by atoms with E-state index in [0.717, 1.165) is 25.9 Å². The maximum absolute atomic E-state index is 13.0. The van der Waals surface area contributed by atoms with E-state index in [4.69, 9.17) is 18.6 Å². The van der Waals surface area contributed by atoms with Gasteiger partial charge in [-0.25, -0.2) is 0 Å². The second kappa shape index (κ2) is 7.38. The van der Waals surface area contributed by atoms with Crippen LogP contribution in [0.3, 0.4) is 0 Å². The van der Waals surface area contributed by atoms with Crippen LogP contribution in [0.1, 0.15) is 26.2 Å². The Hall–Kier alpha value is -2.53. The molecular formula is C21H22O5.